The zero-order chi connectivity index (χ0) is 20.3. The standard InChI is InChI=1S/C26H35N3O/c1-2-8-22-21(7-1)10-16-28-23(22)19-27-17-13-25(24-9-3-6-15-29-24)14-18-30-26(20-25)11-4-5-12-26/h1-3,6-9,15,23,27-28H,4-5,10-14,16-20H2/t23?,25-/m1/s1. The molecule has 1 saturated carbocycles. The van der Waals surface area contributed by atoms with E-state index in [1.54, 1.807) is 0 Å². The molecule has 160 valence electrons. The highest BCUT2D eigenvalue weighted by molar-refractivity contribution is 5.32. The van der Waals surface area contributed by atoms with Crippen LogP contribution in [0.1, 0.15) is 67.8 Å². The Hall–Kier alpha value is -1.75. The summed E-state index contributed by atoms with van der Waals surface area (Å²) in [6.45, 7) is 3.94. The molecule has 2 aromatic rings. The number of fused-ring (bicyclic) bond motifs is 1. The minimum absolute atomic E-state index is 0.0969. The first-order chi connectivity index (χ1) is 14.8. The van der Waals surface area contributed by atoms with Crippen molar-refractivity contribution in [1.29, 1.82) is 0 Å². The predicted octanol–water partition coefficient (Wildman–Crippen LogP) is 4.31. The van der Waals surface area contributed by atoms with E-state index in [9.17, 15) is 0 Å². The van der Waals surface area contributed by atoms with E-state index in [4.69, 9.17) is 9.72 Å². The van der Waals surface area contributed by atoms with Gasteiger partial charge >= 0.3 is 0 Å². The quantitative estimate of drug-likeness (QED) is 0.703. The van der Waals surface area contributed by atoms with Gasteiger partial charge in [-0.15, -0.1) is 0 Å². The van der Waals surface area contributed by atoms with Gasteiger partial charge in [0, 0.05) is 36.5 Å². The SMILES string of the molecule is c1ccc([C@]2(CCNCC3NCCc4ccccc43)CCOC3(CCCC3)C2)nc1. The number of nitrogens with one attached hydrogen (secondary N) is 2. The van der Waals surface area contributed by atoms with Crippen LogP contribution < -0.4 is 10.6 Å². The third-order valence-electron chi connectivity index (χ3n) is 7.72. The number of hydrogen-bond acceptors (Lipinski definition) is 4. The first kappa shape index (κ1) is 20.2. The molecule has 3 aliphatic rings. The number of pyridine rings is 1. The number of nitrogens with zero attached hydrogens (tertiary/aromatic N) is 1. The Morgan fingerprint density at radius 3 is 2.80 bits per heavy atom. The number of aromatic nitrogens is 1. The highest BCUT2D eigenvalue weighted by Gasteiger charge is 2.48. The van der Waals surface area contributed by atoms with Crippen molar-refractivity contribution < 1.29 is 4.74 Å². The lowest BCUT2D eigenvalue weighted by molar-refractivity contribution is -0.104. The maximum atomic E-state index is 6.39. The molecule has 0 bridgehead atoms. The summed E-state index contributed by atoms with van der Waals surface area (Å²) < 4.78 is 6.39. The molecule has 4 nitrogen and oxygen atoms in total. The monoisotopic (exact) mass is 405 g/mol. The highest BCUT2D eigenvalue weighted by Crippen LogP contribution is 2.49. The van der Waals surface area contributed by atoms with E-state index in [-0.39, 0.29) is 11.0 Å². The largest absolute Gasteiger partial charge is 0.375 e. The summed E-state index contributed by atoms with van der Waals surface area (Å²) in [5, 5.41) is 7.49. The zero-order valence-corrected chi connectivity index (χ0v) is 18.0. The molecule has 30 heavy (non-hydrogen) atoms. The van der Waals surface area contributed by atoms with Crippen molar-refractivity contribution in [3.63, 3.8) is 0 Å². The van der Waals surface area contributed by atoms with Crippen molar-refractivity contribution in [2.75, 3.05) is 26.2 Å². The van der Waals surface area contributed by atoms with Crippen LogP contribution in [0.3, 0.4) is 0 Å². The summed E-state index contributed by atoms with van der Waals surface area (Å²) in [6.07, 6.45) is 11.5. The van der Waals surface area contributed by atoms with Crippen molar-refractivity contribution in [3.05, 3.63) is 65.5 Å². The summed E-state index contributed by atoms with van der Waals surface area (Å²) in [5.74, 6) is 0. The lowest BCUT2D eigenvalue weighted by atomic mass is 9.68. The van der Waals surface area contributed by atoms with Gasteiger partial charge in [0.25, 0.3) is 0 Å². The Morgan fingerprint density at radius 1 is 1.07 bits per heavy atom. The van der Waals surface area contributed by atoms with Crippen LogP contribution in [0.15, 0.2) is 48.7 Å². The van der Waals surface area contributed by atoms with Gasteiger partial charge in [-0.25, -0.2) is 0 Å². The fourth-order valence-electron chi connectivity index (χ4n) is 6.15. The van der Waals surface area contributed by atoms with Gasteiger partial charge in [0.2, 0.25) is 0 Å². The second-order valence-electron chi connectivity index (χ2n) is 9.57. The Kier molecular flexibility index (Phi) is 5.90. The molecule has 2 aliphatic heterocycles. The van der Waals surface area contributed by atoms with Gasteiger partial charge in [0.15, 0.2) is 0 Å². The summed E-state index contributed by atoms with van der Waals surface area (Å²) >= 11 is 0. The third-order valence-corrected chi connectivity index (χ3v) is 7.72. The molecule has 1 spiro atoms. The van der Waals surface area contributed by atoms with Crippen LogP contribution in [-0.2, 0) is 16.6 Å². The predicted molar refractivity (Wildman–Crippen MR) is 121 cm³/mol. The molecule has 1 aliphatic carbocycles. The zero-order valence-electron chi connectivity index (χ0n) is 18.0. The topological polar surface area (TPSA) is 46.2 Å². The lowest BCUT2D eigenvalue weighted by Gasteiger charge is -2.46. The molecule has 3 heterocycles. The molecule has 1 saturated heterocycles. The van der Waals surface area contributed by atoms with E-state index in [0.717, 1.165) is 51.9 Å². The smallest absolute Gasteiger partial charge is 0.0691 e. The van der Waals surface area contributed by atoms with Crippen LogP contribution in [0, 0.1) is 0 Å². The molecular formula is C26H35N3O. The Balaban J connectivity index is 1.26. The highest BCUT2D eigenvalue weighted by atomic mass is 16.5. The maximum Gasteiger partial charge on any atom is 0.0691 e. The van der Waals surface area contributed by atoms with Crippen molar-refractivity contribution >= 4 is 0 Å². The number of rotatable bonds is 6. The fraction of sp³-hybridized carbons (Fsp3) is 0.577. The third kappa shape index (κ3) is 4.05. The van der Waals surface area contributed by atoms with Gasteiger partial charge in [0.05, 0.1) is 5.60 Å². The molecule has 2 atom stereocenters. The van der Waals surface area contributed by atoms with Gasteiger partial charge in [-0.2, -0.15) is 0 Å². The van der Waals surface area contributed by atoms with Crippen molar-refractivity contribution in [2.24, 2.45) is 0 Å². The Bertz CT molecular complexity index is 833. The van der Waals surface area contributed by atoms with Crippen LogP contribution in [-0.4, -0.2) is 36.8 Å². The molecule has 1 aromatic heterocycles. The first-order valence-corrected chi connectivity index (χ1v) is 11.9. The van der Waals surface area contributed by atoms with Crippen molar-refractivity contribution in [3.8, 4) is 0 Å². The second kappa shape index (κ2) is 8.78. The minimum Gasteiger partial charge on any atom is -0.375 e. The Morgan fingerprint density at radius 2 is 1.93 bits per heavy atom. The number of ether oxygens (including phenoxy) is 1. The van der Waals surface area contributed by atoms with E-state index in [2.05, 4.69) is 47.0 Å². The van der Waals surface area contributed by atoms with Crippen molar-refractivity contribution in [2.45, 2.75) is 68.4 Å². The van der Waals surface area contributed by atoms with Gasteiger partial charge in [-0.05, 0) is 74.9 Å². The number of benzene rings is 1. The molecule has 1 aromatic carbocycles. The van der Waals surface area contributed by atoms with Crippen LogP contribution >= 0.6 is 0 Å². The van der Waals surface area contributed by atoms with Gasteiger partial charge < -0.3 is 15.4 Å². The summed E-state index contributed by atoms with van der Waals surface area (Å²) in [4.78, 5) is 4.83. The molecule has 2 fully saturated rings. The normalized spacial score (nSPS) is 27.8. The van der Waals surface area contributed by atoms with Gasteiger partial charge in [-0.1, -0.05) is 43.2 Å². The van der Waals surface area contributed by atoms with E-state index >= 15 is 0 Å². The maximum absolute atomic E-state index is 6.39. The molecule has 4 heteroatoms. The summed E-state index contributed by atoms with van der Waals surface area (Å²) in [6, 6.07) is 15.7. The molecule has 2 N–H and O–H groups in total. The van der Waals surface area contributed by atoms with E-state index in [1.165, 1.54) is 42.5 Å². The first-order valence-electron chi connectivity index (χ1n) is 11.9. The molecule has 0 radical (unpaired) electrons. The number of hydrogen-bond donors (Lipinski definition) is 2. The average Bonchev–Trinajstić information content (AvgIpc) is 3.24. The van der Waals surface area contributed by atoms with E-state index < -0.39 is 0 Å². The van der Waals surface area contributed by atoms with Crippen LogP contribution in [0.4, 0.5) is 0 Å². The Labute approximate surface area is 180 Å². The molecule has 5 rings (SSSR count). The molecule has 1 unspecified atom stereocenters. The van der Waals surface area contributed by atoms with Crippen LogP contribution in [0.5, 0.6) is 0 Å². The summed E-state index contributed by atoms with van der Waals surface area (Å²) in [7, 11) is 0. The van der Waals surface area contributed by atoms with E-state index in [1.807, 2.05) is 12.3 Å². The van der Waals surface area contributed by atoms with Crippen molar-refractivity contribution in [1.82, 2.24) is 15.6 Å². The molecular weight excluding hydrogens is 370 g/mol. The van der Waals surface area contributed by atoms with E-state index in [0.29, 0.717) is 6.04 Å². The summed E-state index contributed by atoms with van der Waals surface area (Å²) in [5.41, 5.74) is 4.46. The fourth-order valence-corrected chi connectivity index (χ4v) is 6.15. The average molecular weight is 406 g/mol. The molecule has 0 amide bonds. The minimum atomic E-state index is 0.0969. The van der Waals surface area contributed by atoms with Crippen LogP contribution in [0.25, 0.3) is 0 Å². The van der Waals surface area contributed by atoms with Gasteiger partial charge in [-0.3, -0.25) is 4.98 Å². The lowest BCUT2D eigenvalue weighted by Crippen LogP contribution is -2.48. The second-order valence-corrected chi connectivity index (χ2v) is 9.57. The van der Waals surface area contributed by atoms with Crippen LogP contribution in [0.2, 0.25) is 0 Å². The van der Waals surface area contributed by atoms with Gasteiger partial charge in [0.1, 0.15) is 0 Å².